The average molecular weight is 293 g/mol. The number of hydrogen-bond acceptors (Lipinski definition) is 3. The van der Waals surface area contributed by atoms with Gasteiger partial charge in [0.2, 0.25) is 0 Å². The Labute approximate surface area is 124 Å². The first-order chi connectivity index (χ1) is 9.77. The van der Waals surface area contributed by atoms with E-state index < -0.39 is 0 Å². The van der Waals surface area contributed by atoms with Crippen LogP contribution in [0.15, 0.2) is 24.3 Å². The first kappa shape index (κ1) is 15.0. The molecule has 0 saturated carbocycles. The third-order valence-corrected chi connectivity index (χ3v) is 3.68. The summed E-state index contributed by atoms with van der Waals surface area (Å²) in [6.07, 6.45) is 4.78. The summed E-state index contributed by atoms with van der Waals surface area (Å²) < 4.78 is 1.93. The van der Waals surface area contributed by atoms with Gasteiger partial charge in [-0.1, -0.05) is 61.2 Å². The van der Waals surface area contributed by atoms with E-state index in [-0.39, 0.29) is 0 Å². The standard InChI is InChI=1S/C15H21ClN4/c1-2-3-4-7-10-20-15(14(11-17)18-19-20)12-8-5-6-9-13(12)16/h5-6,8-9H,2-4,7,10-11,17H2,1H3. The summed E-state index contributed by atoms with van der Waals surface area (Å²) >= 11 is 6.29. The van der Waals surface area contributed by atoms with E-state index in [1.54, 1.807) is 0 Å². The Kier molecular flexibility index (Phi) is 5.56. The minimum atomic E-state index is 0.371. The van der Waals surface area contributed by atoms with Gasteiger partial charge in [-0.15, -0.1) is 5.10 Å². The Hall–Kier alpha value is -1.39. The van der Waals surface area contributed by atoms with Crippen molar-refractivity contribution in [2.24, 2.45) is 5.73 Å². The summed E-state index contributed by atoms with van der Waals surface area (Å²) in [6, 6.07) is 7.76. The molecule has 2 rings (SSSR count). The van der Waals surface area contributed by atoms with Crippen LogP contribution in [0.25, 0.3) is 11.3 Å². The van der Waals surface area contributed by atoms with Gasteiger partial charge in [0.1, 0.15) is 5.69 Å². The van der Waals surface area contributed by atoms with Gasteiger partial charge in [-0.05, 0) is 12.5 Å². The molecule has 0 amide bonds. The second-order valence-corrected chi connectivity index (χ2v) is 5.26. The number of nitrogens with two attached hydrogens (primary N) is 1. The third kappa shape index (κ3) is 3.38. The van der Waals surface area contributed by atoms with Crippen molar-refractivity contribution in [1.82, 2.24) is 15.0 Å². The smallest absolute Gasteiger partial charge is 0.104 e. The predicted molar refractivity (Wildman–Crippen MR) is 82.5 cm³/mol. The number of benzene rings is 1. The van der Waals surface area contributed by atoms with E-state index in [0.717, 1.165) is 29.9 Å². The molecule has 0 bridgehead atoms. The normalized spacial score (nSPS) is 10.9. The van der Waals surface area contributed by atoms with Gasteiger partial charge in [-0.2, -0.15) is 0 Å². The van der Waals surface area contributed by atoms with Gasteiger partial charge >= 0.3 is 0 Å². The molecule has 0 spiro atoms. The molecule has 20 heavy (non-hydrogen) atoms. The Morgan fingerprint density at radius 1 is 1.20 bits per heavy atom. The fourth-order valence-electron chi connectivity index (χ4n) is 2.28. The van der Waals surface area contributed by atoms with Crippen molar-refractivity contribution in [3.63, 3.8) is 0 Å². The molecule has 0 unspecified atom stereocenters. The highest BCUT2D eigenvalue weighted by molar-refractivity contribution is 6.33. The molecular formula is C15H21ClN4. The molecule has 4 nitrogen and oxygen atoms in total. The summed E-state index contributed by atoms with van der Waals surface area (Å²) in [5, 5.41) is 9.12. The molecule has 0 saturated heterocycles. The minimum Gasteiger partial charge on any atom is -0.325 e. The molecule has 1 aromatic carbocycles. The highest BCUT2D eigenvalue weighted by Gasteiger charge is 2.15. The molecular weight excluding hydrogens is 272 g/mol. The van der Waals surface area contributed by atoms with E-state index in [1.165, 1.54) is 19.3 Å². The van der Waals surface area contributed by atoms with Crippen molar-refractivity contribution >= 4 is 11.6 Å². The molecule has 0 aliphatic rings. The van der Waals surface area contributed by atoms with Crippen molar-refractivity contribution in [3.8, 4) is 11.3 Å². The monoisotopic (exact) mass is 292 g/mol. The second kappa shape index (κ2) is 7.41. The van der Waals surface area contributed by atoms with Crippen LogP contribution in [0.4, 0.5) is 0 Å². The predicted octanol–water partition coefficient (Wildman–Crippen LogP) is 3.64. The lowest BCUT2D eigenvalue weighted by Gasteiger charge is -2.09. The number of rotatable bonds is 7. The van der Waals surface area contributed by atoms with Crippen molar-refractivity contribution in [2.45, 2.75) is 45.7 Å². The Morgan fingerprint density at radius 3 is 2.70 bits per heavy atom. The summed E-state index contributed by atoms with van der Waals surface area (Å²) in [4.78, 5) is 0. The lowest BCUT2D eigenvalue weighted by atomic mass is 10.1. The lowest BCUT2D eigenvalue weighted by molar-refractivity contribution is 0.531. The lowest BCUT2D eigenvalue weighted by Crippen LogP contribution is -2.05. The van der Waals surface area contributed by atoms with Crippen LogP contribution in [0.2, 0.25) is 5.02 Å². The maximum atomic E-state index is 6.29. The summed E-state index contributed by atoms with van der Waals surface area (Å²) in [5.74, 6) is 0. The van der Waals surface area contributed by atoms with E-state index in [4.69, 9.17) is 17.3 Å². The fourth-order valence-corrected chi connectivity index (χ4v) is 2.50. The highest BCUT2D eigenvalue weighted by Crippen LogP contribution is 2.29. The van der Waals surface area contributed by atoms with E-state index in [1.807, 2.05) is 28.9 Å². The van der Waals surface area contributed by atoms with E-state index in [9.17, 15) is 0 Å². The molecule has 0 atom stereocenters. The SMILES string of the molecule is CCCCCCn1nnc(CN)c1-c1ccccc1Cl. The molecule has 0 aliphatic heterocycles. The van der Waals surface area contributed by atoms with Crippen LogP contribution in [0.3, 0.4) is 0 Å². The van der Waals surface area contributed by atoms with Crippen molar-refractivity contribution in [2.75, 3.05) is 0 Å². The van der Waals surface area contributed by atoms with Crippen LogP contribution in [-0.2, 0) is 13.1 Å². The molecule has 0 aliphatic carbocycles. The molecule has 0 fully saturated rings. The van der Waals surface area contributed by atoms with Gasteiger partial charge in [0.15, 0.2) is 0 Å². The third-order valence-electron chi connectivity index (χ3n) is 3.35. The molecule has 2 N–H and O–H groups in total. The van der Waals surface area contributed by atoms with Crippen LogP contribution in [0, 0.1) is 0 Å². The van der Waals surface area contributed by atoms with E-state index in [0.29, 0.717) is 11.6 Å². The van der Waals surface area contributed by atoms with Crippen LogP contribution >= 0.6 is 11.6 Å². The molecule has 5 heteroatoms. The topological polar surface area (TPSA) is 56.7 Å². The number of halogens is 1. The fraction of sp³-hybridized carbons (Fsp3) is 0.467. The van der Waals surface area contributed by atoms with Gasteiger partial charge in [-0.25, -0.2) is 4.68 Å². The second-order valence-electron chi connectivity index (χ2n) is 4.85. The maximum Gasteiger partial charge on any atom is 0.104 e. The van der Waals surface area contributed by atoms with Crippen molar-refractivity contribution in [1.29, 1.82) is 0 Å². The number of nitrogens with zero attached hydrogens (tertiary/aromatic N) is 3. The van der Waals surface area contributed by atoms with Crippen molar-refractivity contribution in [3.05, 3.63) is 35.0 Å². The molecule has 0 radical (unpaired) electrons. The Morgan fingerprint density at radius 2 is 2.00 bits per heavy atom. The van der Waals surface area contributed by atoms with Gasteiger partial charge in [0, 0.05) is 18.7 Å². The van der Waals surface area contributed by atoms with Crippen LogP contribution < -0.4 is 5.73 Å². The van der Waals surface area contributed by atoms with Gasteiger partial charge in [0.05, 0.1) is 10.7 Å². The average Bonchev–Trinajstić information content (AvgIpc) is 2.87. The van der Waals surface area contributed by atoms with E-state index >= 15 is 0 Å². The first-order valence-corrected chi connectivity index (χ1v) is 7.53. The zero-order valence-corrected chi connectivity index (χ0v) is 12.6. The Balaban J connectivity index is 2.26. The molecule has 1 heterocycles. The number of aryl methyl sites for hydroxylation is 1. The van der Waals surface area contributed by atoms with Gasteiger partial charge in [0.25, 0.3) is 0 Å². The first-order valence-electron chi connectivity index (χ1n) is 7.15. The number of hydrogen-bond donors (Lipinski definition) is 1. The van der Waals surface area contributed by atoms with Gasteiger partial charge in [-0.3, -0.25) is 0 Å². The highest BCUT2D eigenvalue weighted by atomic mass is 35.5. The summed E-state index contributed by atoms with van der Waals surface area (Å²) in [5.41, 5.74) is 8.48. The maximum absolute atomic E-state index is 6.29. The van der Waals surface area contributed by atoms with Crippen LogP contribution in [0.5, 0.6) is 0 Å². The largest absolute Gasteiger partial charge is 0.325 e. The molecule has 1 aromatic heterocycles. The summed E-state index contributed by atoms with van der Waals surface area (Å²) in [7, 11) is 0. The minimum absolute atomic E-state index is 0.371. The number of aromatic nitrogens is 3. The quantitative estimate of drug-likeness (QED) is 0.793. The number of unbranched alkanes of at least 4 members (excludes halogenated alkanes) is 3. The van der Waals surface area contributed by atoms with Gasteiger partial charge < -0.3 is 5.73 Å². The molecule has 108 valence electrons. The Bertz CT molecular complexity index is 551. The van der Waals surface area contributed by atoms with Crippen molar-refractivity contribution < 1.29 is 0 Å². The van der Waals surface area contributed by atoms with Crippen LogP contribution in [0.1, 0.15) is 38.3 Å². The molecule has 2 aromatic rings. The zero-order valence-electron chi connectivity index (χ0n) is 11.8. The van der Waals surface area contributed by atoms with E-state index in [2.05, 4.69) is 17.2 Å². The zero-order chi connectivity index (χ0) is 14.4. The van der Waals surface area contributed by atoms with Crippen LogP contribution in [-0.4, -0.2) is 15.0 Å². The summed E-state index contributed by atoms with van der Waals surface area (Å²) in [6.45, 7) is 3.43.